The van der Waals surface area contributed by atoms with Crippen LogP contribution in [0.2, 0.25) is 0 Å². The van der Waals surface area contributed by atoms with Crippen molar-refractivity contribution in [2.75, 3.05) is 0 Å². The van der Waals surface area contributed by atoms with E-state index in [-0.39, 0.29) is 36.0 Å². The maximum Gasteiger partial charge on any atom is 1.00 e. The zero-order valence-corrected chi connectivity index (χ0v) is 14.9. The minimum Gasteiger partial charge on any atom is -0.550 e. The van der Waals surface area contributed by atoms with Crippen molar-refractivity contribution in [3.8, 4) is 0 Å². The van der Waals surface area contributed by atoms with Crippen LogP contribution in [0.1, 0.15) is 23.6 Å². The summed E-state index contributed by atoms with van der Waals surface area (Å²) in [6.45, 7) is 0. The molecule has 4 nitrogen and oxygen atoms in total. The standard InChI is InChI=1S/C16H13NO3S.Na/c18-15(19)8-7-11(10-12-4-3-9-20-12)16-17-13-5-1-2-6-14(13)21-16;/h1-6,9-10H,7-8H2,(H,18,19);/q;+1/p-1/b11-10+;. The van der Waals surface area contributed by atoms with Crippen LogP contribution in [0.5, 0.6) is 0 Å². The van der Waals surface area contributed by atoms with E-state index in [4.69, 9.17) is 4.42 Å². The molecule has 6 heteroatoms. The van der Waals surface area contributed by atoms with Crippen LogP contribution in [0.25, 0.3) is 21.9 Å². The van der Waals surface area contributed by atoms with Gasteiger partial charge in [-0.25, -0.2) is 4.98 Å². The largest absolute Gasteiger partial charge is 1.00 e. The monoisotopic (exact) mass is 321 g/mol. The topological polar surface area (TPSA) is 66.2 Å². The van der Waals surface area contributed by atoms with Gasteiger partial charge in [0.15, 0.2) is 0 Å². The van der Waals surface area contributed by atoms with Crippen LogP contribution in [0.3, 0.4) is 0 Å². The first-order valence-corrected chi connectivity index (χ1v) is 7.34. The number of hydrogen-bond acceptors (Lipinski definition) is 5. The summed E-state index contributed by atoms with van der Waals surface area (Å²) in [5, 5.41) is 11.5. The molecule has 0 saturated carbocycles. The molecular formula is C16H12NNaO3S. The van der Waals surface area contributed by atoms with Crippen LogP contribution in [-0.2, 0) is 4.79 Å². The molecule has 1 aromatic carbocycles. The number of para-hydroxylation sites is 1. The quantitative estimate of drug-likeness (QED) is 0.619. The number of allylic oxidation sites excluding steroid dienone is 1. The predicted molar refractivity (Wildman–Crippen MR) is 80.4 cm³/mol. The zero-order valence-electron chi connectivity index (χ0n) is 12.1. The van der Waals surface area contributed by atoms with Gasteiger partial charge in [-0.3, -0.25) is 0 Å². The Morgan fingerprint density at radius 1 is 1.23 bits per heavy atom. The van der Waals surface area contributed by atoms with Crippen LogP contribution in [0, 0.1) is 0 Å². The van der Waals surface area contributed by atoms with E-state index in [9.17, 15) is 9.90 Å². The van der Waals surface area contributed by atoms with Crippen LogP contribution >= 0.6 is 11.3 Å². The van der Waals surface area contributed by atoms with E-state index in [1.807, 2.05) is 36.4 Å². The van der Waals surface area contributed by atoms with Crippen molar-refractivity contribution in [3.05, 3.63) is 53.4 Å². The van der Waals surface area contributed by atoms with Crippen molar-refractivity contribution < 1.29 is 43.9 Å². The second-order valence-electron chi connectivity index (χ2n) is 4.54. The molecule has 3 rings (SSSR count). The van der Waals surface area contributed by atoms with Crippen molar-refractivity contribution in [1.82, 2.24) is 4.98 Å². The number of carbonyl (C=O) groups is 1. The van der Waals surface area contributed by atoms with Gasteiger partial charge in [0.2, 0.25) is 0 Å². The summed E-state index contributed by atoms with van der Waals surface area (Å²) in [7, 11) is 0. The molecule has 0 aliphatic heterocycles. The van der Waals surface area contributed by atoms with Gasteiger partial charge >= 0.3 is 29.6 Å². The van der Waals surface area contributed by atoms with Gasteiger partial charge in [-0.1, -0.05) is 12.1 Å². The normalized spacial score (nSPS) is 11.4. The summed E-state index contributed by atoms with van der Waals surface area (Å²) >= 11 is 1.54. The Kier molecular flexibility index (Phi) is 5.97. The zero-order chi connectivity index (χ0) is 14.7. The number of carboxylic acid groups (broad SMARTS) is 1. The molecule has 0 aliphatic carbocycles. The van der Waals surface area contributed by atoms with E-state index in [2.05, 4.69) is 4.98 Å². The molecule has 0 radical (unpaired) electrons. The first-order valence-electron chi connectivity index (χ1n) is 6.52. The van der Waals surface area contributed by atoms with Crippen LogP contribution in [-0.4, -0.2) is 11.0 Å². The third-order valence-electron chi connectivity index (χ3n) is 3.03. The van der Waals surface area contributed by atoms with E-state index >= 15 is 0 Å². The number of benzene rings is 1. The fraction of sp³-hybridized carbons (Fsp3) is 0.125. The van der Waals surface area contributed by atoms with Gasteiger partial charge in [0.1, 0.15) is 10.8 Å². The smallest absolute Gasteiger partial charge is 0.550 e. The first kappa shape index (κ1) is 17.0. The van der Waals surface area contributed by atoms with Gasteiger partial charge in [-0.15, -0.1) is 11.3 Å². The first-order chi connectivity index (χ1) is 10.2. The summed E-state index contributed by atoms with van der Waals surface area (Å²) in [5.41, 5.74) is 1.76. The second-order valence-corrected chi connectivity index (χ2v) is 5.57. The molecule has 0 fully saturated rings. The van der Waals surface area contributed by atoms with Gasteiger partial charge in [-0.2, -0.15) is 0 Å². The van der Waals surface area contributed by atoms with Gasteiger partial charge in [0.25, 0.3) is 0 Å². The Labute approximate surface area is 153 Å². The van der Waals surface area contributed by atoms with E-state index in [0.717, 1.165) is 20.8 Å². The second kappa shape index (κ2) is 7.74. The van der Waals surface area contributed by atoms with Crippen LogP contribution in [0.4, 0.5) is 0 Å². The summed E-state index contributed by atoms with van der Waals surface area (Å²) in [6, 6.07) is 11.5. The fourth-order valence-corrected chi connectivity index (χ4v) is 3.04. The number of rotatable bonds is 5. The molecule has 0 atom stereocenters. The molecule has 0 aliphatic rings. The third-order valence-corrected chi connectivity index (χ3v) is 4.14. The molecule has 22 heavy (non-hydrogen) atoms. The van der Waals surface area contributed by atoms with E-state index in [0.29, 0.717) is 12.2 Å². The van der Waals surface area contributed by atoms with Crippen LogP contribution < -0.4 is 34.7 Å². The molecule has 0 saturated heterocycles. The van der Waals surface area contributed by atoms with Gasteiger partial charge in [0, 0.05) is 5.97 Å². The Bertz CT molecular complexity index is 760. The molecule has 0 bridgehead atoms. The molecule has 0 N–H and O–H groups in total. The Hall–Kier alpha value is -1.40. The van der Waals surface area contributed by atoms with Crippen molar-refractivity contribution in [3.63, 3.8) is 0 Å². The molecule has 0 amide bonds. The maximum absolute atomic E-state index is 10.7. The predicted octanol–water partition coefficient (Wildman–Crippen LogP) is -0.0360. The number of thiazole rings is 1. The van der Waals surface area contributed by atoms with Crippen LogP contribution in [0.15, 0.2) is 47.1 Å². The van der Waals surface area contributed by atoms with Gasteiger partial charge < -0.3 is 14.3 Å². The molecule has 0 spiro atoms. The number of carbonyl (C=O) groups excluding carboxylic acids is 1. The molecule has 2 aromatic heterocycles. The molecule has 2 heterocycles. The number of furan rings is 1. The summed E-state index contributed by atoms with van der Waals surface area (Å²) in [5.74, 6) is -0.385. The third kappa shape index (κ3) is 4.08. The minimum atomic E-state index is -1.07. The maximum atomic E-state index is 10.7. The number of fused-ring (bicyclic) bond motifs is 1. The number of aromatic nitrogens is 1. The summed E-state index contributed by atoms with van der Waals surface area (Å²) in [6.07, 6.45) is 3.74. The number of aliphatic carboxylic acids is 1. The minimum absolute atomic E-state index is 0. The Morgan fingerprint density at radius 3 is 2.73 bits per heavy atom. The number of carboxylic acids is 1. The summed E-state index contributed by atoms with van der Waals surface area (Å²) < 4.78 is 6.38. The molecule has 0 unspecified atom stereocenters. The van der Waals surface area contributed by atoms with Crippen molar-refractivity contribution in [2.45, 2.75) is 12.8 Å². The SMILES string of the molecule is O=C([O-])CC/C(=C\c1ccco1)c1nc2ccccc2s1.[Na+]. The van der Waals surface area contributed by atoms with Crippen molar-refractivity contribution in [2.24, 2.45) is 0 Å². The molecule has 106 valence electrons. The average Bonchev–Trinajstić information content (AvgIpc) is 3.11. The summed E-state index contributed by atoms with van der Waals surface area (Å²) in [4.78, 5) is 15.3. The van der Waals surface area contributed by atoms with Gasteiger partial charge in [0.05, 0.1) is 16.5 Å². The van der Waals surface area contributed by atoms with Gasteiger partial charge in [-0.05, 0) is 48.8 Å². The Balaban J connectivity index is 0.00000176. The molecular weight excluding hydrogens is 309 g/mol. The fourth-order valence-electron chi connectivity index (χ4n) is 2.03. The average molecular weight is 321 g/mol. The van der Waals surface area contributed by atoms with Crippen molar-refractivity contribution in [1.29, 1.82) is 0 Å². The van der Waals surface area contributed by atoms with Crippen molar-refractivity contribution >= 4 is 39.2 Å². The van der Waals surface area contributed by atoms with E-state index in [1.165, 1.54) is 0 Å². The number of nitrogens with zero attached hydrogens (tertiary/aromatic N) is 1. The van der Waals surface area contributed by atoms with E-state index < -0.39 is 5.97 Å². The number of hydrogen-bond donors (Lipinski definition) is 0. The van der Waals surface area contributed by atoms with E-state index in [1.54, 1.807) is 23.7 Å². The molecule has 3 aromatic rings. The Morgan fingerprint density at radius 2 is 2.05 bits per heavy atom.